The van der Waals surface area contributed by atoms with Gasteiger partial charge in [0, 0.05) is 17.3 Å². The zero-order valence-corrected chi connectivity index (χ0v) is 14.4. The van der Waals surface area contributed by atoms with Gasteiger partial charge in [0.1, 0.15) is 25.1 Å². The molecule has 4 rings (SSSR count). The molecule has 0 spiro atoms. The zero-order valence-electron chi connectivity index (χ0n) is 14.4. The van der Waals surface area contributed by atoms with E-state index < -0.39 is 6.04 Å². The summed E-state index contributed by atoms with van der Waals surface area (Å²) in [6.45, 7) is 2.63. The van der Waals surface area contributed by atoms with Crippen LogP contribution in [0.3, 0.4) is 0 Å². The molecule has 0 fully saturated rings. The molecule has 0 unspecified atom stereocenters. The second kappa shape index (κ2) is 7.02. The molecular weight excluding hydrogens is 353 g/mol. The molecule has 8 nitrogen and oxygen atoms in total. The highest BCUT2D eigenvalue weighted by molar-refractivity contribution is 5.93. The van der Waals surface area contributed by atoms with Gasteiger partial charge in [-0.2, -0.15) is 4.80 Å². The second-order valence-electron chi connectivity index (χ2n) is 5.96. The lowest BCUT2D eigenvalue weighted by Crippen LogP contribution is -2.25. The van der Waals surface area contributed by atoms with Crippen molar-refractivity contribution < 1.29 is 18.7 Å². The number of benzene rings is 2. The number of halogens is 1. The van der Waals surface area contributed by atoms with Gasteiger partial charge in [0.05, 0.1) is 0 Å². The topological polar surface area (TPSA) is 91.2 Å². The predicted octanol–water partition coefficient (Wildman–Crippen LogP) is 2.45. The van der Waals surface area contributed by atoms with Crippen LogP contribution in [0.5, 0.6) is 11.5 Å². The van der Waals surface area contributed by atoms with Crippen molar-refractivity contribution in [3.05, 3.63) is 48.3 Å². The highest BCUT2D eigenvalue weighted by atomic mass is 19.1. The fourth-order valence-electron chi connectivity index (χ4n) is 2.58. The number of hydrogen-bond acceptors (Lipinski definition) is 6. The monoisotopic (exact) mass is 369 g/mol. The number of amides is 1. The average Bonchev–Trinajstić information content (AvgIpc) is 3.18. The van der Waals surface area contributed by atoms with Crippen LogP contribution in [0, 0.1) is 5.82 Å². The number of hydrogen-bond donors (Lipinski definition) is 1. The van der Waals surface area contributed by atoms with Crippen molar-refractivity contribution in [1.29, 1.82) is 0 Å². The van der Waals surface area contributed by atoms with Crippen LogP contribution in [0.4, 0.5) is 10.1 Å². The summed E-state index contributed by atoms with van der Waals surface area (Å²) in [5.74, 6) is 0.889. The van der Waals surface area contributed by atoms with Gasteiger partial charge in [-0.15, -0.1) is 10.2 Å². The van der Waals surface area contributed by atoms with Gasteiger partial charge in [0.15, 0.2) is 11.5 Å². The lowest BCUT2D eigenvalue weighted by atomic mass is 10.2. The van der Waals surface area contributed by atoms with Gasteiger partial charge in [-0.3, -0.25) is 4.79 Å². The quantitative estimate of drug-likeness (QED) is 0.760. The highest BCUT2D eigenvalue weighted by Crippen LogP contribution is 2.32. The molecule has 1 aromatic heterocycles. The maximum absolute atomic E-state index is 13.0. The van der Waals surface area contributed by atoms with Crippen LogP contribution in [0.2, 0.25) is 0 Å². The predicted molar refractivity (Wildman–Crippen MR) is 94.0 cm³/mol. The average molecular weight is 369 g/mol. The first kappa shape index (κ1) is 17.0. The minimum absolute atomic E-state index is 0.310. The standard InChI is InChI=1S/C18H16FN5O3/c1-11(24-22-17(21-23-24)12-2-4-13(19)5-3-12)18(25)20-14-6-7-15-16(10-14)27-9-8-26-15/h2-7,10-11H,8-9H2,1H3,(H,20,25)/t11-/m1/s1. The third kappa shape index (κ3) is 3.57. The van der Waals surface area contributed by atoms with E-state index in [9.17, 15) is 9.18 Å². The number of aromatic nitrogens is 4. The summed E-state index contributed by atoms with van der Waals surface area (Å²) in [5, 5.41) is 14.9. The molecule has 1 N–H and O–H groups in total. The molecule has 2 aromatic carbocycles. The number of nitrogens with zero attached hydrogens (tertiary/aromatic N) is 4. The van der Waals surface area contributed by atoms with E-state index in [0.717, 1.165) is 0 Å². The summed E-state index contributed by atoms with van der Waals surface area (Å²) >= 11 is 0. The van der Waals surface area contributed by atoms with Crippen LogP contribution in [0.15, 0.2) is 42.5 Å². The van der Waals surface area contributed by atoms with E-state index in [1.54, 1.807) is 37.3 Å². The van der Waals surface area contributed by atoms with E-state index in [1.165, 1.54) is 16.9 Å². The Bertz CT molecular complexity index is 973. The molecule has 0 bridgehead atoms. The fourth-order valence-corrected chi connectivity index (χ4v) is 2.58. The van der Waals surface area contributed by atoms with Crippen LogP contribution in [0.25, 0.3) is 11.4 Å². The molecule has 1 aliphatic heterocycles. The second-order valence-corrected chi connectivity index (χ2v) is 5.96. The molecule has 0 saturated heterocycles. The van der Waals surface area contributed by atoms with Crippen molar-refractivity contribution in [2.45, 2.75) is 13.0 Å². The van der Waals surface area contributed by atoms with Crippen molar-refractivity contribution in [3.63, 3.8) is 0 Å². The van der Waals surface area contributed by atoms with Crippen molar-refractivity contribution in [1.82, 2.24) is 20.2 Å². The van der Waals surface area contributed by atoms with E-state index in [4.69, 9.17) is 9.47 Å². The maximum atomic E-state index is 13.0. The van der Waals surface area contributed by atoms with Crippen molar-refractivity contribution in [2.24, 2.45) is 0 Å². The van der Waals surface area contributed by atoms with Crippen LogP contribution in [-0.2, 0) is 4.79 Å². The molecule has 0 saturated carbocycles. The Morgan fingerprint density at radius 3 is 2.67 bits per heavy atom. The minimum atomic E-state index is -0.695. The molecule has 27 heavy (non-hydrogen) atoms. The van der Waals surface area contributed by atoms with Gasteiger partial charge in [0.2, 0.25) is 5.82 Å². The summed E-state index contributed by atoms with van der Waals surface area (Å²) in [4.78, 5) is 13.7. The summed E-state index contributed by atoms with van der Waals surface area (Å²) < 4.78 is 24.0. The first-order valence-electron chi connectivity index (χ1n) is 8.36. The smallest absolute Gasteiger partial charge is 0.250 e. The molecule has 1 amide bonds. The van der Waals surface area contributed by atoms with E-state index >= 15 is 0 Å². The van der Waals surface area contributed by atoms with E-state index in [1.807, 2.05) is 0 Å². The molecule has 0 aliphatic carbocycles. The SMILES string of the molecule is C[C@H](C(=O)Nc1ccc2c(c1)OCCO2)n1nnc(-c2ccc(F)cc2)n1. The minimum Gasteiger partial charge on any atom is -0.486 e. The van der Waals surface area contributed by atoms with Gasteiger partial charge in [0.25, 0.3) is 5.91 Å². The van der Waals surface area contributed by atoms with Crippen LogP contribution in [0.1, 0.15) is 13.0 Å². The normalized spacial score (nSPS) is 13.9. The molecule has 1 atom stereocenters. The Labute approximate surface area is 153 Å². The number of anilines is 1. The number of ether oxygens (including phenoxy) is 2. The Balaban J connectivity index is 1.47. The summed E-state index contributed by atoms with van der Waals surface area (Å²) in [6.07, 6.45) is 0. The van der Waals surface area contributed by atoms with E-state index in [0.29, 0.717) is 41.8 Å². The third-order valence-corrected chi connectivity index (χ3v) is 4.07. The molecule has 1 aliphatic rings. The lowest BCUT2D eigenvalue weighted by molar-refractivity contribution is -0.119. The summed E-state index contributed by atoms with van der Waals surface area (Å²) in [5.41, 5.74) is 1.19. The number of carbonyl (C=O) groups excluding carboxylic acids is 1. The van der Waals surface area contributed by atoms with Gasteiger partial charge < -0.3 is 14.8 Å². The number of carbonyl (C=O) groups is 1. The number of tetrazole rings is 1. The highest BCUT2D eigenvalue weighted by Gasteiger charge is 2.20. The van der Waals surface area contributed by atoms with Crippen LogP contribution < -0.4 is 14.8 Å². The van der Waals surface area contributed by atoms with Crippen LogP contribution >= 0.6 is 0 Å². The van der Waals surface area contributed by atoms with Crippen molar-refractivity contribution in [3.8, 4) is 22.9 Å². The lowest BCUT2D eigenvalue weighted by Gasteiger charge is -2.19. The maximum Gasteiger partial charge on any atom is 0.250 e. The van der Waals surface area contributed by atoms with E-state index in [2.05, 4.69) is 20.7 Å². The molecule has 0 radical (unpaired) electrons. The van der Waals surface area contributed by atoms with Gasteiger partial charge >= 0.3 is 0 Å². The van der Waals surface area contributed by atoms with E-state index in [-0.39, 0.29) is 11.7 Å². The summed E-state index contributed by atoms with van der Waals surface area (Å²) in [7, 11) is 0. The Hall–Kier alpha value is -3.49. The summed E-state index contributed by atoms with van der Waals surface area (Å²) in [6, 6.07) is 10.2. The van der Waals surface area contributed by atoms with Gasteiger partial charge in [-0.1, -0.05) is 0 Å². The number of rotatable bonds is 4. The zero-order chi connectivity index (χ0) is 18.8. The molecule has 138 valence electrons. The third-order valence-electron chi connectivity index (χ3n) is 4.07. The molecule has 9 heteroatoms. The largest absolute Gasteiger partial charge is 0.486 e. The number of fused-ring (bicyclic) bond motifs is 1. The van der Waals surface area contributed by atoms with Gasteiger partial charge in [-0.05, 0) is 48.5 Å². The molecular formula is C18H16FN5O3. The molecule has 3 aromatic rings. The Morgan fingerprint density at radius 1 is 1.15 bits per heavy atom. The Morgan fingerprint density at radius 2 is 1.89 bits per heavy atom. The molecule has 2 heterocycles. The van der Waals surface area contributed by atoms with Crippen molar-refractivity contribution >= 4 is 11.6 Å². The van der Waals surface area contributed by atoms with Gasteiger partial charge in [-0.25, -0.2) is 4.39 Å². The number of nitrogens with one attached hydrogen (secondary N) is 1. The van der Waals surface area contributed by atoms with Crippen molar-refractivity contribution in [2.75, 3.05) is 18.5 Å². The fraction of sp³-hybridized carbons (Fsp3) is 0.222. The van der Waals surface area contributed by atoms with Crippen LogP contribution in [-0.4, -0.2) is 39.3 Å². The first-order chi connectivity index (χ1) is 13.1. The Kier molecular flexibility index (Phi) is 4.41. The first-order valence-corrected chi connectivity index (χ1v) is 8.36.